The maximum atomic E-state index is 13.6. The molecule has 0 bridgehead atoms. The number of hydrogen-bond acceptors (Lipinski definition) is 11. The topological polar surface area (TPSA) is 159 Å². The second-order valence-corrected chi connectivity index (χ2v) is 12.8. The van der Waals surface area contributed by atoms with Crippen molar-refractivity contribution < 1.29 is 33.8 Å². The highest BCUT2D eigenvalue weighted by molar-refractivity contribution is 8.78. The number of ether oxygens (including phenoxy) is 2. The Kier molecular flexibility index (Phi) is 16.9. The molecule has 44 heavy (non-hydrogen) atoms. The maximum absolute atomic E-state index is 13.6. The zero-order chi connectivity index (χ0) is 32.5. The summed E-state index contributed by atoms with van der Waals surface area (Å²) in [5, 5.41) is 17.8. The summed E-state index contributed by atoms with van der Waals surface area (Å²) in [5.41, 5.74) is 3.54. The molecule has 4 N–H and O–H groups in total. The van der Waals surface area contributed by atoms with E-state index in [4.69, 9.17) is 9.47 Å². The highest BCUT2D eigenvalue weighted by Gasteiger charge is 2.34. The molecule has 3 unspecified atom stereocenters. The summed E-state index contributed by atoms with van der Waals surface area (Å²) < 4.78 is 10.4. The first kappa shape index (κ1) is 37.1. The van der Waals surface area contributed by atoms with Crippen LogP contribution in [0.5, 0.6) is 5.75 Å². The molecule has 0 aromatic heterocycles. The molecule has 1 aliphatic heterocycles. The summed E-state index contributed by atoms with van der Waals surface area (Å²) in [7, 11) is 4.45. The molecule has 12 nitrogen and oxygen atoms in total. The third-order valence-electron chi connectivity index (χ3n) is 6.60. The van der Waals surface area contributed by atoms with E-state index in [0.29, 0.717) is 31.6 Å². The van der Waals surface area contributed by atoms with E-state index in [1.807, 2.05) is 19.9 Å². The minimum atomic E-state index is -1.03. The van der Waals surface area contributed by atoms with Crippen molar-refractivity contribution >= 4 is 51.5 Å². The van der Waals surface area contributed by atoms with Crippen molar-refractivity contribution in [2.24, 2.45) is 10.9 Å². The van der Waals surface area contributed by atoms with Crippen LogP contribution in [0.2, 0.25) is 0 Å². The lowest BCUT2D eigenvalue weighted by Crippen LogP contribution is -2.62. The molecule has 14 heteroatoms. The summed E-state index contributed by atoms with van der Waals surface area (Å²) in [6.07, 6.45) is 4.91. The number of benzene rings is 1. The van der Waals surface area contributed by atoms with Crippen molar-refractivity contribution in [1.29, 1.82) is 0 Å². The number of phenols is 1. The van der Waals surface area contributed by atoms with Gasteiger partial charge in [-0.25, -0.2) is 5.43 Å². The van der Waals surface area contributed by atoms with Gasteiger partial charge < -0.3 is 25.2 Å². The third kappa shape index (κ3) is 12.9. The Morgan fingerprint density at radius 3 is 2.64 bits per heavy atom. The molecule has 1 fully saturated rings. The van der Waals surface area contributed by atoms with Gasteiger partial charge in [-0.15, -0.1) is 0 Å². The summed E-state index contributed by atoms with van der Waals surface area (Å²) in [4.78, 5) is 56.2. The van der Waals surface area contributed by atoms with Crippen molar-refractivity contribution in [3.63, 3.8) is 0 Å². The first-order valence-corrected chi connectivity index (χ1v) is 17.0. The van der Waals surface area contributed by atoms with Crippen LogP contribution in [0.1, 0.15) is 52.5 Å². The largest absolute Gasteiger partial charge is 0.508 e. The third-order valence-corrected chi connectivity index (χ3v) is 8.93. The van der Waals surface area contributed by atoms with Crippen LogP contribution < -0.4 is 16.1 Å². The quantitative estimate of drug-likeness (QED) is 0.0854. The Morgan fingerprint density at radius 1 is 1.20 bits per heavy atom. The fourth-order valence-electron chi connectivity index (χ4n) is 4.34. The van der Waals surface area contributed by atoms with Crippen molar-refractivity contribution in [3.05, 3.63) is 40.9 Å². The van der Waals surface area contributed by atoms with Gasteiger partial charge in [-0.2, -0.15) is 0 Å². The minimum absolute atomic E-state index is 0.0296. The van der Waals surface area contributed by atoms with E-state index in [2.05, 4.69) is 21.1 Å². The number of rotatable bonds is 17. The lowest BCUT2D eigenvalue weighted by atomic mass is 10.00. The molecule has 0 spiro atoms. The van der Waals surface area contributed by atoms with Gasteiger partial charge >= 0.3 is 5.97 Å². The van der Waals surface area contributed by atoms with Crippen LogP contribution in [0, 0.1) is 5.92 Å². The summed E-state index contributed by atoms with van der Waals surface area (Å²) >= 11 is 0. The number of nitrogens with zero attached hydrogens (tertiary/aromatic N) is 2. The van der Waals surface area contributed by atoms with Crippen LogP contribution in [0.15, 0.2) is 40.4 Å². The van der Waals surface area contributed by atoms with Gasteiger partial charge in [0.05, 0.1) is 20.3 Å². The number of hydrogen-bond donors (Lipinski definition) is 4. The molecule has 1 aliphatic rings. The van der Waals surface area contributed by atoms with E-state index in [0.717, 1.165) is 10.8 Å². The van der Waals surface area contributed by atoms with Crippen LogP contribution in [-0.2, 0) is 35.1 Å². The Morgan fingerprint density at radius 2 is 1.98 bits per heavy atom. The Hall–Kier alpha value is -3.07. The van der Waals surface area contributed by atoms with Gasteiger partial charge in [-0.1, -0.05) is 42.9 Å². The fourth-order valence-corrected chi connectivity index (χ4v) is 6.21. The molecule has 0 radical (unpaired) electrons. The fraction of sp³-hybridized carbons (Fsp3) is 0.567. The van der Waals surface area contributed by atoms with Crippen LogP contribution >= 0.6 is 21.6 Å². The van der Waals surface area contributed by atoms with Gasteiger partial charge in [-0.05, 0) is 61.1 Å². The van der Waals surface area contributed by atoms with Gasteiger partial charge in [0.15, 0.2) is 0 Å². The highest BCUT2D eigenvalue weighted by Crippen LogP contribution is 2.30. The molecule has 0 aliphatic carbocycles. The molecule has 1 saturated heterocycles. The number of hydrazine groups is 1. The van der Waals surface area contributed by atoms with Crippen LogP contribution in [0.3, 0.4) is 0 Å². The predicted octanol–water partition coefficient (Wildman–Crippen LogP) is 2.97. The van der Waals surface area contributed by atoms with Gasteiger partial charge in [0.1, 0.15) is 28.9 Å². The average Bonchev–Trinajstić information content (AvgIpc) is 3.01. The number of carbonyl (C=O) groups excluding carboxylic acids is 4. The van der Waals surface area contributed by atoms with Crippen molar-refractivity contribution in [3.8, 4) is 5.75 Å². The molecule has 1 aromatic rings. The number of phenolic OH excluding ortho intramolecular Hbond substituents is 1. The lowest BCUT2D eigenvalue weighted by Gasteiger charge is -2.35. The number of aliphatic imine (C=N–C) groups is 1. The molecule has 244 valence electrons. The first-order valence-electron chi connectivity index (χ1n) is 14.6. The van der Waals surface area contributed by atoms with E-state index in [9.17, 15) is 24.3 Å². The van der Waals surface area contributed by atoms with E-state index in [-0.39, 0.29) is 37.0 Å². The van der Waals surface area contributed by atoms with Gasteiger partial charge in [-0.3, -0.25) is 29.2 Å². The summed E-state index contributed by atoms with van der Waals surface area (Å²) in [5.74, 6) is -1.31. The Bertz CT molecular complexity index is 1160. The molecule has 1 heterocycles. The number of esters is 1. The molecule has 1 aromatic carbocycles. The van der Waals surface area contributed by atoms with Crippen LogP contribution in [0.25, 0.3) is 0 Å². The van der Waals surface area contributed by atoms with E-state index in [1.165, 1.54) is 24.3 Å². The van der Waals surface area contributed by atoms with Crippen LogP contribution in [-0.4, -0.2) is 90.8 Å². The molecular formula is C30H45N5O7S2. The van der Waals surface area contributed by atoms with Crippen LogP contribution in [0.4, 0.5) is 0 Å². The van der Waals surface area contributed by atoms with Crippen molar-refractivity contribution in [1.82, 2.24) is 21.1 Å². The van der Waals surface area contributed by atoms with Gasteiger partial charge in [0.25, 0.3) is 5.91 Å². The zero-order valence-corrected chi connectivity index (χ0v) is 27.7. The first-order chi connectivity index (χ1) is 21.1. The monoisotopic (exact) mass is 651 g/mol. The number of allylic oxidation sites excluding steroid dienone is 1. The normalized spacial score (nSPS) is 16.9. The molecule has 3 atom stereocenters. The Balaban J connectivity index is 1.99. The van der Waals surface area contributed by atoms with E-state index in [1.54, 1.807) is 53.8 Å². The Labute approximate surface area is 267 Å². The van der Waals surface area contributed by atoms with Crippen molar-refractivity contribution in [2.75, 3.05) is 32.6 Å². The standard InChI is InChI=1S/C30H45N5O7S2/c1-6-26(31-7-2)44-43-17-16-42-15-13-25(37)33-27(20(3)4)28(38)32-24(19-21-10-8-11-22(36)18-21)29(39)35-14-9-12-23(34-35)30(40)41-5/h6-8,10-11,18,20,23-24,27,34,36H,9,12-17,19H2,1-5H3,(H,32,38)(H,33,37)/b26-6+,31-7-. The van der Waals surface area contributed by atoms with E-state index >= 15 is 0 Å². The molecule has 3 amide bonds. The van der Waals surface area contributed by atoms with Crippen molar-refractivity contribution in [2.45, 2.75) is 71.5 Å². The van der Waals surface area contributed by atoms with Gasteiger partial charge in [0.2, 0.25) is 11.8 Å². The zero-order valence-electron chi connectivity index (χ0n) is 26.0. The number of carbonyl (C=O) groups is 4. The highest BCUT2D eigenvalue weighted by atomic mass is 33.1. The van der Waals surface area contributed by atoms with Gasteiger partial charge in [0, 0.05) is 31.4 Å². The number of amides is 3. The predicted molar refractivity (Wildman–Crippen MR) is 174 cm³/mol. The number of aromatic hydroxyl groups is 1. The number of methoxy groups -OCH3 is 1. The molecular weight excluding hydrogens is 606 g/mol. The second-order valence-electron chi connectivity index (χ2n) is 10.3. The summed E-state index contributed by atoms with van der Waals surface area (Å²) in [6, 6.07) is 3.81. The molecule has 0 saturated carbocycles. The number of nitrogens with one attached hydrogen (secondary N) is 3. The average molecular weight is 652 g/mol. The second kappa shape index (κ2) is 20.1. The lowest BCUT2D eigenvalue weighted by molar-refractivity contribution is -0.151. The van der Waals surface area contributed by atoms with E-state index < -0.39 is 35.9 Å². The summed E-state index contributed by atoms with van der Waals surface area (Å²) in [6.45, 7) is 8.40. The minimum Gasteiger partial charge on any atom is -0.508 e. The maximum Gasteiger partial charge on any atom is 0.324 e. The SMILES string of the molecule is C/C=N\C(=C/C)SSCCOCCC(=O)NC(C(=O)NC(Cc1cccc(O)c1)C(=O)N1CCCC(C(=O)OC)N1)C(C)C. The molecule has 2 rings (SSSR count). The smallest absolute Gasteiger partial charge is 0.324 e.